The minimum absolute atomic E-state index is 0.00455. The molecule has 11 heteroatoms. The number of aromatic carboxylic acids is 1. The third-order valence-electron chi connectivity index (χ3n) is 5.99. The first-order chi connectivity index (χ1) is 16.6. The van der Waals surface area contributed by atoms with Gasteiger partial charge in [0, 0.05) is 23.5 Å². The highest BCUT2D eigenvalue weighted by Crippen LogP contribution is 2.63. The van der Waals surface area contributed by atoms with Gasteiger partial charge in [-0.25, -0.2) is 9.78 Å². The average Bonchev–Trinajstić information content (AvgIpc) is 3.32. The summed E-state index contributed by atoms with van der Waals surface area (Å²) in [7, 11) is 1.64. The van der Waals surface area contributed by atoms with Crippen molar-refractivity contribution in [2.24, 2.45) is 15.6 Å². The molecule has 1 aromatic carbocycles. The lowest BCUT2D eigenvalue weighted by Crippen LogP contribution is -2.20. The lowest BCUT2D eigenvalue weighted by Gasteiger charge is -2.20. The van der Waals surface area contributed by atoms with Gasteiger partial charge in [0.05, 0.1) is 59.0 Å². The van der Waals surface area contributed by atoms with Crippen molar-refractivity contribution < 1.29 is 33.6 Å². The van der Waals surface area contributed by atoms with Crippen molar-refractivity contribution in [3.63, 3.8) is 0 Å². The van der Waals surface area contributed by atoms with E-state index in [2.05, 4.69) is 15.2 Å². The summed E-state index contributed by atoms with van der Waals surface area (Å²) in [5.41, 5.74) is 1.66. The quantitative estimate of drug-likeness (QED) is 0.618. The number of benzene rings is 1. The maximum absolute atomic E-state index is 11.0. The minimum Gasteiger partial charge on any atom is -0.496 e. The number of thiazole rings is 1. The maximum atomic E-state index is 11.0. The maximum Gasteiger partial charge on any atom is 0.355 e. The average molecular weight is 492 g/mol. The summed E-state index contributed by atoms with van der Waals surface area (Å²) in [6.07, 6.45) is 1.88. The molecule has 10 nitrogen and oxygen atoms in total. The summed E-state index contributed by atoms with van der Waals surface area (Å²) in [6, 6.07) is 5.73. The molecule has 2 fully saturated rings. The topological polar surface area (TPSA) is 121 Å². The van der Waals surface area contributed by atoms with Gasteiger partial charge in [-0.3, -0.25) is 0 Å². The van der Waals surface area contributed by atoms with Crippen LogP contribution in [0.3, 0.4) is 0 Å². The predicted octanol–water partition coefficient (Wildman–Crippen LogP) is 4.21. The Morgan fingerprint density at radius 2 is 1.79 bits per heavy atom. The summed E-state index contributed by atoms with van der Waals surface area (Å²) in [5.74, 6) is -0.0601. The fourth-order valence-corrected chi connectivity index (χ4v) is 4.67. The molecule has 1 aromatic heterocycles. The van der Waals surface area contributed by atoms with Gasteiger partial charge in [0.25, 0.3) is 0 Å². The number of ether oxygens (including phenoxy) is 5. The van der Waals surface area contributed by atoms with Crippen molar-refractivity contribution in [1.82, 2.24) is 4.98 Å². The van der Waals surface area contributed by atoms with Crippen LogP contribution < -0.4 is 4.74 Å². The molecule has 2 aliphatic rings. The molecule has 2 atom stereocenters. The summed E-state index contributed by atoms with van der Waals surface area (Å²) in [6.45, 7) is 4.65. The third kappa shape index (κ3) is 6.36. The van der Waals surface area contributed by atoms with Crippen LogP contribution in [0.1, 0.15) is 34.8 Å². The first kappa shape index (κ1) is 24.7. The van der Waals surface area contributed by atoms with E-state index in [9.17, 15) is 4.79 Å². The van der Waals surface area contributed by atoms with E-state index in [1.54, 1.807) is 7.11 Å². The van der Waals surface area contributed by atoms with E-state index in [1.165, 1.54) is 5.38 Å². The lowest BCUT2D eigenvalue weighted by molar-refractivity contribution is -0.0223. The number of carbonyl (C=O) groups is 1. The Labute approximate surface area is 201 Å². The molecule has 1 saturated heterocycles. The normalized spacial score (nSPS) is 24.7. The molecule has 1 N–H and O–H groups in total. The molecule has 1 aliphatic carbocycles. The zero-order chi connectivity index (χ0) is 23.8. The van der Waals surface area contributed by atoms with E-state index in [0.29, 0.717) is 64.5 Å². The molecule has 2 aromatic rings. The molecule has 34 heavy (non-hydrogen) atoms. The molecular formula is C23H29N3O7S. The fourth-order valence-electron chi connectivity index (χ4n) is 4.06. The van der Waals surface area contributed by atoms with E-state index in [4.69, 9.17) is 28.8 Å². The Kier molecular flexibility index (Phi) is 8.57. The van der Waals surface area contributed by atoms with Gasteiger partial charge in [-0.2, -0.15) is 0 Å². The number of methoxy groups -OCH3 is 1. The molecule has 1 saturated carbocycles. The standard InChI is InChI=1S/C23H29N3O7S/c1-29-20-12-16(25-26-22-24-19(14-34-22)21(27)28)2-3-17(20)18-13-23(18)4-5-30-6-7-31-8-9-32-10-11-33-15-23/h2-3,12,14,18H,4-11,13,15H2,1H3,(H,27,28). The molecule has 0 radical (unpaired) electrons. The van der Waals surface area contributed by atoms with E-state index in [0.717, 1.165) is 35.5 Å². The van der Waals surface area contributed by atoms with E-state index >= 15 is 0 Å². The zero-order valence-electron chi connectivity index (χ0n) is 19.1. The highest BCUT2D eigenvalue weighted by molar-refractivity contribution is 7.13. The van der Waals surface area contributed by atoms with Crippen molar-refractivity contribution in [3.05, 3.63) is 34.8 Å². The second-order valence-electron chi connectivity index (χ2n) is 8.21. The summed E-state index contributed by atoms with van der Waals surface area (Å²) in [4.78, 5) is 14.9. The lowest BCUT2D eigenvalue weighted by atomic mass is 9.96. The number of carboxylic acids is 1. The van der Waals surface area contributed by atoms with E-state index in [1.807, 2.05) is 18.2 Å². The van der Waals surface area contributed by atoms with Crippen LogP contribution in [0.15, 0.2) is 33.8 Å². The van der Waals surface area contributed by atoms with Gasteiger partial charge in [-0.05, 0) is 30.4 Å². The van der Waals surface area contributed by atoms with Crippen molar-refractivity contribution in [1.29, 1.82) is 0 Å². The van der Waals surface area contributed by atoms with Crippen LogP contribution >= 0.6 is 11.3 Å². The molecular weight excluding hydrogens is 462 g/mol. The molecule has 2 heterocycles. The van der Waals surface area contributed by atoms with Crippen LogP contribution in [0.4, 0.5) is 10.8 Å². The Balaban J connectivity index is 1.43. The molecule has 1 aliphatic heterocycles. The van der Waals surface area contributed by atoms with Gasteiger partial charge in [-0.15, -0.1) is 21.6 Å². The van der Waals surface area contributed by atoms with Gasteiger partial charge in [0.15, 0.2) is 5.69 Å². The summed E-state index contributed by atoms with van der Waals surface area (Å²) in [5, 5.41) is 19.0. The van der Waals surface area contributed by atoms with E-state index in [-0.39, 0.29) is 16.2 Å². The van der Waals surface area contributed by atoms with Crippen LogP contribution in [0.2, 0.25) is 0 Å². The van der Waals surface area contributed by atoms with Crippen LogP contribution in [-0.4, -0.2) is 76.0 Å². The van der Waals surface area contributed by atoms with Crippen LogP contribution in [0.5, 0.6) is 5.75 Å². The Morgan fingerprint density at radius 1 is 1.09 bits per heavy atom. The van der Waals surface area contributed by atoms with E-state index < -0.39 is 5.97 Å². The summed E-state index contributed by atoms with van der Waals surface area (Å²) < 4.78 is 28.4. The Bertz CT molecular complexity index is 983. The summed E-state index contributed by atoms with van der Waals surface area (Å²) >= 11 is 1.13. The van der Waals surface area contributed by atoms with Gasteiger partial charge in [-0.1, -0.05) is 6.07 Å². The zero-order valence-corrected chi connectivity index (χ0v) is 19.9. The number of rotatable bonds is 5. The van der Waals surface area contributed by atoms with Crippen LogP contribution in [0, 0.1) is 5.41 Å². The fraction of sp³-hybridized carbons (Fsp3) is 0.565. The van der Waals surface area contributed by atoms with Gasteiger partial charge < -0.3 is 28.8 Å². The number of aromatic nitrogens is 1. The molecule has 0 bridgehead atoms. The van der Waals surface area contributed by atoms with Crippen molar-refractivity contribution in [2.45, 2.75) is 18.8 Å². The van der Waals surface area contributed by atoms with Crippen molar-refractivity contribution in [2.75, 3.05) is 60.0 Å². The minimum atomic E-state index is -1.09. The molecule has 1 spiro atoms. The number of carboxylic acid groups (broad SMARTS) is 1. The smallest absolute Gasteiger partial charge is 0.355 e. The van der Waals surface area contributed by atoms with Gasteiger partial charge in [0.2, 0.25) is 5.13 Å². The highest BCUT2D eigenvalue weighted by atomic mass is 32.1. The Morgan fingerprint density at radius 3 is 2.47 bits per heavy atom. The SMILES string of the molecule is COc1cc(N=Nc2nc(C(=O)O)cs2)ccc1C1CC12CCOCCOCCOCCOC2. The second-order valence-corrected chi connectivity index (χ2v) is 9.04. The number of azo groups is 1. The van der Waals surface area contributed by atoms with Crippen LogP contribution in [-0.2, 0) is 18.9 Å². The van der Waals surface area contributed by atoms with Crippen LogP contribution in [0.25, 0.3) is 0 Å². The third-order valence-corrected chi connectivity index (χ3v) is 6.72. The van der Waals surface area contributed by atoms with Crippen molar-refractivity contribution >= 4 is 28.1 Å². The first-order valence-electron chi connectivity index (χ1n) is 11.2. The predicted molar refractivity (Wildman–Crippen MR) is 124 cm³/mol. The first-order valence-corrected chi connectivity index (χ1v) is 12.1. The van der Waals surface area contributed by atoms with Gasteiger partial charge >= 0.3 is 5.97 Å². The number of hydrogen-bond donors (Lipinski definition) is 1. The van der Waals surface area contributed by atoms with Gasteiger partial charge in [0.1, 0.15) is 5.75 Å². The molecule has 0 amide bonds. The number of hydrogen-bond acceptors (Lipinski definition) is 10. The Hall–Kier alpha value is -2.44. The number of nitrogens with zero attached hydrogens (tertiary/aromatic N) is 3. The largest absolute Gasteiger partial charge is 0.496 e. The highest BCUT2D eigenvalue weighted by Gasteiger charge is 2.55. The molecule has 2 unspecified atom stereocenters. The van der Waals surface area contributed by atoms with Crippen molar-refractivity contribution in [3.8, 4) is 5.75 Å². The monoisotopic (exact) mass is 491 g/mol. The second kappa shape index (κ2) is 11.8. The molecule has 4 rings (SSSR count). The molecule has 184 valence electrons.